The quantitative estimate of drug-likeness (QED) is 0.594. The van der Waals surface area contributed by atoms with Gasteiger partial charge in [-0.1, -0.05) is 20.8 Å². The summed E-state index contributed by atoms with van der Waals surface area (Å²) in [6.07, 6.45) is 1.88. The van der Waals surface area contributed by atoms with Crippen molar-refractivity contribution in [2.24, 2.45) is 5.84 Å². The maximum atomic E-state index is 5.50. The van der Waals surface area contributed by atoms with E-state index in [0.29, 0.717) is 5.82 Å². The number of aryl methyl sites for hydroxylation is 1. The summed E-state index contributed by atoms with van der Waals surface area (Å²) in [6, 6.07) is 1.88. The lowest BCUT2D eigenvalue weighted by Gasteiger charge is -2.20. The molecule has 4 N–H and O–H groups in total. The SMILES string of the molecule is Cc1cnc(C(C)Nc2cc(NN)nc(C(C)(C)C)n2)s1. The van der Waals surface area contributed by atoms with Gasteiger partial charge < -0.3 is 10.7 Å². The van der Waals surface area contributed by atoms with Gasteiger partial charge in [-0.25, -0.2) is 20.8 Å². The molecular formula is C14H22N6S. The van der Waals surface area contributed by atoms with E-state index < -0.39 is 0 Å². The van der Waals surface area contributed by atoms with E-state index in [4.69, 9.17) is 5.84 Å². The number of anilines is 2. The van der Waals surface area contributed by atoms with Crippen LogP contribution in [0.25, 0.3) is 0 Å². The van der Waals surface area contributed by atoms with E-state index in [9.17, 15) is 0 Å². The summed E-state index contributed by atoms with van der Waals surface area (Å²) in [4.78, 5) is 14.6. The Balaban J connectivity index is 2.27. The number of hydrazine groups is 1. The molecule has 0 radical (unpaired) electrons. The third-order valence-corrected chi connectivity index (χ3v) is 4.01. The summed E-state index contributed by atoms with van der Waals surface area (Å²) in [7, 11) is 0. The molecule has 2 aromatic rings. The zero-order valence-electron chi connectivity index (χ0n) is 13.1. The van der Waals surface area contributed by atoms with Crippen LogP contribution in [0, 0.1) is 6.92 Å². The van der Waals surface area contributed by atoms with Gasteiger partial charge in [0.2, 0.25) is 0 Å². The number of nitrogen functional groups attached to an aromatic ring is 1. The highest BCUT2D eigenvalue weighted by Crippen LogP contribution is 2.26. The summed E-state index contributed by atoms with van der Waals surface area (Å²) < 4.78 is 0. The van der Waals surface area contributed by atoms with Crippen molar-refractivity contribution in [1.29, 1.82) is 0 Å². The zero-order valence-corrected chi connectivity index (χ0v) is 13.9. The first-order valence-corrected chi connectivity index (χ1v) is 7.66. The molecule has 0 aliphatic carbocycles. The van der Waals surface area contributed by atoms with Gasteiger partial charge in [-0.05, 0) is 13.8 Å². The summed E-state index contributed by atoms with van der Waals surface area (Å²) in [6.45, 7) is 10.3. The minimum absolute atomic E-state index is 0.0806. The summed E-state index contributed by atoms with van der Waals surface area (Å²) in [5, 5.41) is 4.39. The molecule has 0 aliphatic rings. The van der Waals surface area contributed by atoms with Crippen LogP contribution in [0.1, 0.15) is 49.4 Å². The lowest BCUT2D eigenvalue weighted by Crippen LogP contribution is -2.20. The van der Waals surface area contributed by atoms with Crippen molar-refractivity contribution in [2.45, 2.75) is 46.1 Å². The van der Waals surface area contributed by atoms with Crippen LogP contribution in [-0.2, 0) is 5.41 Å². The van der Waals surface area contributed by atoms with Crippen LogP contribution < -0.4 is 16.6 Å². The van der Waals surface area contributed by atoms with Gasteiger partial charge in [0.1, 0.15) is 22.5 Å². The largest absolute Gasteiger partial charge is 0.361 e. The zero-order chi connectivity index (χ0) is 15.6. The molecule has 1 unspecified atom stereocenters. The first-order chi connectivity index (χ1) is 9.79. The average molecular weight is 306 g/mol. The number of nitrogens with two attached hydrogens (primary N) is 1. The van der Waals surface area contributed by atoms with E-state index in [1.807, 2.05) is 13.1 Å². The fourth-order valence-corrected chi connectivity index (χ4v) is 2.56. The summed E-state index contributed by atoms with van der Waals surface area (Å²) in [5.74, 6) is 7.57. The molecule has 21 heavy (non-hydrogen) atoms. The average Bonchev–Trinajstić information content (AvgIpc) is 2.84. The van der Waals surface area contributed by atoms with E-state index in [-0.39, 0.29) is 11.5 Å². The van der Waals surface area contributed by atoms with Crippen molar-refractivity contribution in [2.75, 3.05) is 10.7 Å². The topological polar surface area (TPSA) is 88.8 Å². The molecule has 1 atom stereocenters. The van der Waals surface area contributed by atoms with Gasteiger partial charge in [0.15, 0.2) is 0 Å². The van der Waals surface area contributed by atoms with Crippen molar-refractivity contribution in [3.63, 3.8) is 0 Å². The van der Waals surface area contributed by atoms with Crippen molar-refractivity contribution in [3.8, 4) is 0 Å². The number of nitrogens with one attached hydrogen (secondary N) is 2. The predicted octanol–water partition coefficient (Wildman–Crippen LogP) is 3.00. The Morgan fingerprint density at radius 3 is 2.43 bits per heavy atom. The van der Waals surface area contributed by atoms with Crippen molar-refractivity contribution >= 4 is 23.0 Å². The molecule has 2 heterocycles. The van der Waals surface area contributed by atoms with Gasteiger partial charge in [-0.15, -0.1) is 11.3 Å². The second kappa shape index (κ2) is 5.95. The Morgan fingerprint density at radius 2 is 1.90 bits per heavy atom. The molecule has 7 heteroatoms. The molecule has 0 saturated heterocycles. The van der Waals surface area contributed by atoms with Gasteiger partial charge in [-0.3, -0.25) is 0 Å². The van der Waals surface area contributed by atoms with Crippen LogP contribution in [0.3, 0.4) is 0 Å². The Morgan fingerprint density at radius 1 is 1.24 bits per heavy atom. The van der Waals surface area contributed by atoms with E-state index in [2.05, 4.69) is 53.4 Å². The molecule has 0 aromatic carbocycles. The Hall–Kier alpha value is -1.73. The smallest absolute Gasteiger partial charge is 0.145 e. The van der Waals surface area contributed by atoms with Crippen LogP contribution in [0.2, 0.25) is 0 Å². The number of hydrogen-bond donors (Lipinski definition) is 3. The number of aromatic nitrogens is 3. The molecular weight excluding hydrogens is 284 g/mol. The third kappa shape index (κ3) is 3.89. The number of hydrogen-bond acceptors (Lipinski definition) is 7. The highest BCUT2D eigenvalue weighted by molar-refractivity contribution is 7.11. The molecule has 0 aliphatic heterocycles. The van der Waals surface area contributed by atoms with E-state index in [1.165, 1.54) is 4.88 Å². The van der Waals surface area contributed by atoms with Crippen molar-refractivity contribution < 1.29 is 0 Å². The van der Waals surface area contributed by atoms with Gasteiger partial charge in [0, 0.05) is 22.6 Å². The molecule has 0 saturated carbocycles. The molecule has 2 aromatic heterocycles. The van der Waals surface area contributed by atoms with E-state index >= 15 is 0 Å². The fraction of sp³-hybridized carbons (Fsp3) is 0.500. The standard InChI is InChI=1S/C14H22N6S/c1-8-7-16-12(21-8)9(2)17-10-6-11(20-15)19-13(18-10)14(3,4)5/h6-7,9H,15H2,1-5H3,(H2,17,18,19,20). The minimum atomic E-state index is -0.149. The lowest BCUT2D eigenvalue weighted by molar-refractivity contribution is 0.546. The van der Waals surface area contributed by atoms with E-state index in [0.717, 1.165) is 16.6 Å². The van der Waals surface area contributed by atoms with Crippen molar-refractivity contribution in [1.82, 2.24) is 15.0 Å². The van der Waals surface area contributed by atoms with Crippen LogP contribution >= 0.6 is 11.3 Å². The summed E-state index contributed by atoms with van der Waals surface area (Å²) in [5.41, 5.74) is 2.44. The van der Waals surface area contributed by atoms with Gasteiger partial charge >= 0.3 is 0 Å². The number of nitrogens with zero attached hydrogens (tertiary/aromatic N) is 3. The monoisotopic (exact) mass is 306 g/mol. The minimum Gasteiger partial charge on any atom is -0.361 e. The molecule has 0 spiro atoms. The van der Waals surface area contributed by atoms with Crippen LogP contribution in [0.4, 0.5) is 11.6 Å². The normalized spacial score (nSPS) is 13.0. The molecule has 114 valence electrons. The second-order valence-electron chi connectivity index (χ2n) is 6.03. The third-order valence-electron chi connectivity index (χ3n) is 2.92. The van der Waals surface area contributed by atoms with Gasteiger partial charge in [0.25, 0.3) is 0 Å². The van der Waals surface area contributed by atoms with E-state index in [1.54, 1.807) is 17.4 Å². The fourth-order valence-electron chi connectivity index (χ4n) is 1.79. The van der Waals surface area contributed by atoms with Gasteiger partial charge in [-0.2, -0.15) is 0 Å². The Kier molecular flexibility index (Phi) is 4.43. The molecule has 6 nitrogen and oxygen atoms in total. The van der Waals surface area contributed by atoms with Crippen molar-refractivity contribution in [3.05, 3.63) is 28.0 Å². The van der Waals surface area contributed by atoms with Crippen LogP contribution in [0.15, 0.2) is 12.3 Å². The Labute approximate surface area is 129 Å². The molecule has 0 fully saturated rings. The summed E-state index contributed by atoms with van der Waals surface area (Å²) >= 11 is 1.68. The Bertz CT molecular complexity index is 616. The van der Waals surface area contributed by atoms with Gasteiger partial charge in [0.05, 0.1) is 6.04 Å². The highest BCUT2D eigenvalue weighted by atomic mass is 32.1. The molecule has 2 rings (SSSR count). The molecule has 0 amide bonds. The first-order valence-electron chi connectivity index (χ1n) is 6.84. The van der Waals surface area contributed by atoms with Crippen LogP contribution in [-0.4, -0.2) is 15.0 Å². The first kappa shape index (κ1) is 15.7. The molecule has 0 bridgehead atoms. The maximum Gasteiger partial charge on any atom is 0.145 e. The lowest BCUT2D eigenvalue weighted by atomic mass is 9.96. The second-order valence-corrected chi connectivity index (χ2v) is 7.30. The van der Waals surface area contributed by atoms with Crippen LogP contribution in [0.5, 0.6) is 0 Å². The number of thiazole rings is 1. The predicted molar refractivity (Wildman–Crippen MR) is 87.4 cm³/mol. The highest BCUT2D eigenvalue weighted by Gasteiger charge is 2.20. The number of rotatable bonds is 4. The maximum absolute atomic E-state index is 5.50.